The van der Waals surface area contributed by atoms with Crippen molar-refractivity contribution in [3.63, 3.8) is 0 Å². The maximum atomic E-state index is 15.0. The predicted octanol–water partition coefficient (Wildman–Crippen LogP) is 1.05. The van der Waals surface area contributed by atoms with Crippen LogP contribution in [0.3, 0.4) is 0 Å². The zero-order valence-electron chi connectivity index (χ0n) is 20.2. The lowest BCUT2D eigenvalue weighted by atomic mass is 10.1. The Labute approximate surface area is 211 Å². The number of amides is 1. The highest BCUT2D eigenvalue weighted by Crippen LogP contribution is 2.42. The minimum atomic E-state index is -1.32. The van der Waals surface area contributed by atoms with Crippen LogP contribution in [0.25, 0.3) is 10.9 Å². The molecule has 0 saturated carbocycles. The van der Waals surface area contributed by atoms with Crippen molar-refractivity contribution in [2.75, 3.05) is 50.5 Å². The van der Waals surface area contributed by atoms with Crippen LogP contribution in [0.5, 0.6) is 5.75 Å². The molecule has 2 aromatic rings. The van der Waals surface area contributed by atoms with Gasteiger partial charge >= 0.3 is 11.9 Å². The van der Waals surface area contributed by atoms with Crippen LogP contribution in [0.2, 0.25) is 0 Å². The molecule has 11 nitrogen and oxygen atoms in total. The lowest BCUT2D eigenvalue weighted by Crippen LogP contribution is -2.45. The van der Waals surface area contributed by atoms with E-state index in [-0.39, 0.29) is 35.3 Å². The molecule has 196 valence electrons. The highest BCUT2D eigenvalue weighted by molar-refractivity contribution is 7.80. The van der Waals surface area contributed by atoms with Crippen LogP contribution < -0.4 is 20.4 Å². The molecule has 0 bridgehead atoms. The Morgan fingerprint density at radius 1 is 1.25 bits per heavy atom. The summed E-state index contributed by atoms with van der Waals surface area (Å²) < 4.78 is 22.6. The lowest BCUT2D eigenvalue weighted by molar-refractivity contribution is -0.140. The van der Waals surface area contributed by atoms with Crippen LogP contribution in [0, 0.1) is 5.82 Å². The van der Waals surface area contributed by atoms with Crippen LogP contribution in [-0.2, 0) is 9.59 Å². The van der Waals surface area contributed by atoms with Gasteiger partial charge < -0.3 is 34.6 Å². The molecule has 1 amide bonds. The fourth-order valence-electron chi connectivity index (χ4n) is 4.12. The van der Waals surface area contributed by atoms with Gasteiger partial charge in [-0.2, -0.15) is 12.6 Å². The minimum absolute atomic E-state index is 0.0434. The Hall–Kier alpha value is -3.32. The fourth-order valence-corrected chi connectivity index (χ4v) is 4.37. The van der Waals surface area contributed by atoms with Crippen LogP contribution in [0.1, 0.15) is 30.2 Å². The fraction of sp³-hybridized carbons (Fsp3) is 0.478. The molecule has 4 rings (SSSR count). The van der Waals surface area contributed by atoms with Crippen molar-refractivity contribution in [1.82, 2.24) is 14.8 Å². The Balaban J connectivity index is 0.000000308. The minimum Gasteiger partial charge on any atom is -0.487 e. The number of benzene rings is 1. The second-order valence-electron chi connectivity index (χ2n) is 8.74. The molecule has 3 heterocycles. The summed E-state index contributed by atoms with van der Waals surface area (Å²) in [5.41, 5.74) is -0.224. The van der Waals surface area contributed by atoms with Gasteiger partial charge in [0.2, 0.25) is 11.3 Å². The first-order valence-electron chi connectivity index (χ1n) is 11.3. The molecule has 2 atom stereocenters. The lowest BCUT2D eigenvalue weighted by Gasteiger charge is -2.37. The number of aromatic carboxylic acids is 1. The zero-order chi connectivity index (χ0) is 26.7. The van der Waals surface area contributed by atoms with E-state index in [4.69, 9.17) is 9.84 Å². The number of ether oxygens (including phenoxy) is 1. The van der Waals surface area contributed by atoms with E-state index in [1.165, 1.54) is 13.1 Å². The van der Waals surface area contributed by atoms with Gasteiger partial charge in [0.25, 0.3) is 0 Å². The van der Waals surface area contributed by atoms with Gasteiger partial charge in [-0.25, -0.2) is 14.0 Å². The van der Waals surface area contributed by atoms with Crippen molar-refractivity contribution >= 4 is 47.1 Å². The average Bonchev–Trinajstić information content (AvgIpc) is 2.81. The van der Waals surface area contributed by atoms with E-state index >= 15 is 0 Å². The summed E-state index contributed by atoms with van der Waals surface area (Å²) in [5.74, 6) is -2.86. The van der Waals surface area contributed by atoms with Gasteiger partial charge in [-0.1, -0.05) is 0 Å². The Kier molecular flexibility index (Phi) is 8.46. The maximum absolute atomic E-state index is 15.0. The largest absolute Gasteiger partial charge is 0.487 e. The maximum Gasteiger partial charge on any atom is 0.341 e. The standard InChI is InChI=1S/C18H20FN3O4.C5H9NO3S/c1-10-9-26-17-14-11(16(23)12(18(24)25)8-22(10)14)7-13(19)15(17)21-5-3-20(2)4-6-21;1-3(7)6-4(2-10)5(8)9/h7-8,10H,3-6,9H2,1-2H3,(H,24,25);4,10H,2H2,1H3,(H,6,7)(H,8,9)/t10-;/m0./s1. The molecule has 1 saturated heterocycles. The highest BCUT2D eigenvalue weighted by atomic mass is 32.1. The zero-order valence-corrected chi connectivity index (χ0v) is 21.0. The van der Waals surface area contributed by atoms with E-state index in [9.17, 15) is 28.7 Å². The smallest absolute Gasteiger partial charge is 0.341 e. The van der Waals surface area contributed by atoms with Gasteiger partial charge in [-0.05, 0) is 20.0 Å². The van der Waals surface area contributed by atoms with Gasteiger partial charge in [-0.15, -0.1) is 0 Å². The van der Waals surface area contributed by atoms with Crippen LogP contribution in [0.4, 0.5) is 10.1 Å². The predicted molar refractivity (Wildman–Crippen MR) is 134 cm³/mol. The van der Waals surface area contributed by atoms with E-state index in [1.807, 2.05) is 18.9 Å². The summed E-state index contributed by atoms with van der Waals surface area (Å²) >= 11 is 3.73. The number of anilines is 1. The molecule has 0 aliphatic carbocycles. The summed E-state index contributed by atoms with van der Waals surface area (Å²) in [6.45, 7) is 6.34. The van der Waals surface area contributed by atoms with E-state index in [0.717, 1.165) is 19.2 Å². The first kappa shape index (κ1) is 27.3. The molecule has 36 heavy (non-hydrogen) atoms. The Morgan fingerprint density at radius 3 is 2.39 bits per heavy atom. The van der Waals surface area contributed by atoms with E-state index in [1.54, 1.807) is 4.57 Å². The number of carboxylic acids is 2. The summed E-state index contributed by atoms with van der Waals surface area (Å²) in [6.07, 6.45) is 1.34. The molecule has 0 radical (unpaired) electrons. The summed E-state index contributed by atoms with van der Waals surface area (Å²) in [7, 11) is 2.02. The molecule has 13 heteroatoms. The van der Waals surface area contributed by atoms with Gasteiger partial charge in [0.15, 0.2) is 11.6 Å². The van der Waals surface area contributed by atoms with E-state index < -0.39 is 29.2 Å². The number of hydrogen-bond donors (Lipinski definition) is 4. The normalized spacial score (nSPS) is 18.0. The van der Waals surface area contributed by atoms with E-state index in [0.29, 0.717) is 30.0 Å². The third kappa shape index (κ3) is 5.57. The average molecular weight is 525 g/mol. The summed E-state index contributed by atoms with van der Waals surface area (Å²) in [4.78, 5) is 48.6. The molecule has 3 N–H and O–H groups in total. The third-order valence-corrected chi connectivity index (χ3v) is 6.42. The van der Waals surface area contributed by atoms with Crippen LogP contribution in [-0.4, -0.2) is 89.2 Å². The SMILES string of the molecule is CC(=O)NC(CS)C(=O)O.C[C@H]1COc2c(N3CCN(C)CC3)c(F)cc3c(=O)c(C(=O)O)cn1c23. The van der Waals surface area contributed by atoms with Gasteiger partial charge in [0, 0.05) is 45.1 Å². The summed E-state index contributed by atoms with van der Waals surface area (Å²) in [5, 5.41) is 19.9. The number of nitrogens with zero attached hydrogens (tertiary/aromatic N) is 3. The number of halogens is 1. The number of carboxylic acid groups (broad SMARTS) is 2. The van der Waals surface area contributed by atoms with Crippen molar-refractivity contribution in [3.8, 4) is 5.75 Å². The summed E-state index contributed by atoms with van der Waals surface area (Å²) in [6, 6.07) is 0.120. The van der Waals surface area contributed by atoms with Crippen LogP contribution >= 0.6 is 12.6 Å². The molecule has 1 unspecified atom stereocenters. The van der Waals surface area contributed by atoms with Crippen molar-refractivity contribution in [3.05, 3.63) is 33.9 Å². The van der Waals surface area contributed by atoms with Crippen LogP contribution in [0.15, 0.2) is 17.1 Å². The molecule has 2 aliphatic heterocycles. The second kappa shape index (κ2) is 11.2. The van der Waals surface area contributed by atoms with E-state index in [2.05, 4.69) is 22.8 Å². The number of hydrogen-bond acceptors (Lipinski definition) is 8. The number of aromatic nitrogens is 1. The quantitative estimate of drug-likeness (QED) is 0.422. The first-order chi connectivity index (χ1) is 17.0. The van der Waals surface area contributed by atoms with Crippen molar-refractivity contribution in [2.24, 2.45) is 0 Å². The number of carbonyl (C=O) groups is 3. The molecule has 1 fully saturated rings. The van der Waals surface area contributed by atoms with Crippen molar-refractivity contribution in [1.29, 1.82) is 0 Å². The van der Waals surface area contributed by atoms with Gasteiger partial charge in [0.1, 0.15) is 23.9 Å². The number of aliphatic carboxylic acids is 1. The van der Waals surface area contributed by atoms with Crippen molar-refractivity contribution in [2.45, 2.75) is 25.9 Å². The number of pyridine rings is 1. The number of piperazine rings is 1. The molecular weight excluding hydrogens is 495 g/mol. The molecule has 2 aliphatic rings. The number of thiol groups is 1. The molecule has 0 spiro atoms. The molecule has 1 aromatic heterocycles. The number of rotatable bonds is 5. The molecule has 1 aromatic carbocycles. The topological polar surface area (TPSA) is 141 Å². The Bertz CT molecular complexity index is 1240. The van der Waals surface area contributed by atoms with Crippen molar-refractivity contribution < 1.29 is 33.7 Å². The highest BCUT2D eigenvalue weighted by Gasteiger charge is 2.31. The van der Waals surface area contributed by atoms with Gasteiger partial charge in [-0.3, -0.25) is 9.59 Å². The number of likely N-dealkylation sites (N-methyl/N-ethyl adjacent to an activating group) is 1. The first-order valence-corrected chi connectivity index (χ1v) is 11.9. The monoisotopic (exact) mass is 524 g/mol. The molecular formula is C23H29FN4O7S. The number of carbonyl (C=O) groups excluding carboxylic acids is 1. The third-order valence-electron chi connectivity index (χ3n) is 6.05. The number of nitrogens with one attached hydrogen (secondary N) is 1. The van der Waals surface area contributed by atoms with Gasteiger partial charge in [0.05, 0.1) is 16.9 Å². The Morgan fingerprint density at radius 2 is 1.89 bits per heavy atom. The second-order valence-corrected chi connectivity index (χ2v) is 9.11.